The Bertz CT molecular complexity index is 462. The van der Waals surface area contributed by atoms with Crippen LogP contribution in [0.15, 0.2) is 0 Å². The third-order valence-electron chi connectivity index (χ3n) is 6.44. The molecule has 1 saturated carbocycles. The summed E-state index contributed by atoms with van der Waals surface area (Å²) in [5.74, 6) is 0.136. The molecular weight excluding hydrogens is 314 g/mol. The van der Waals surface area contributed by atoms with Crippen LogP contribution in [-0.2, 0) is 9.59 Å². The van der Waals surface area contributed by atoms with E-state index in [1.165, 1.54) is 45.1 Å². The fourth-order valence-electron chi connectivity index (χ4n) is 4.93. The summed E-state index contributed by atoms with van der Waals surface area (Å²) >= 11 is 0. The maximum Gasteiger partial charge on any atom is 0.225 e. The normalized spacial score (nSPS) is 28.7. The van der Waals surface area contributed by atoms with Crippen molar-refractivity contribution in [3.63, 3.8) is 0 Å². The van der Waals surface area contributed by atoms with Crippen LogP contribution >= 0.6 is 0 Å². The van der Waals surface area contributed by atoms with Crippen molar-refractivity contribution < 1.29 is 9.59 Å². The first-order valence-corrected chi connectivity index (χ1v) is 10.5. The second-order valence-electron chi connectivity index (χ2n) is 8.12. The van der Waals surface area contributed by atoms with Gasteiger partial charge in [-0.25, -0.2) is 0 Å². The number of hydrogen-bond acceptors (Lipinski definition) is 3. The number of piperidine rings is 1. The lowest BCUT2D eigenvalue weighted by Crippen LogP contribution is -2.41. The minimum absolute atomic E-state index is 0.0829. The Kier molecular flexibility index (Phi) is 6.74. The van der Waals surface area contributed by atoms with Gasteiger partial charge in [0.1, 0.15) is 0 Å². The van der Waals surface area contributed by atoms with E-state index in [0.29, 0.717) is 19.0 Å². The minimum atomic E-state index is -0.133. The molecule has 0 bridgehead atoms. The Morgan fingerprint density at radius 2 is 1.92 bits per heavy atom. The van der Waals surface area contributed by atoms with Gasteiger partial charge in [0.15, 0.2) is 0 Å². The standard InChI is InChI=1S/C20H35N3O2/c1-2-17-8-5-6-12-22(17)13-7-11-21-20(25)16-14-19(24)23(15-16)18-9-3-4-10-18/h16-18H,2-15H2,1H3,(H,21,25). The molecule has 2 unspecified atom stereocenters. The predicted octanol–water partition coefficient (Wildman–Crippen LogP) is 2.55. The first kappa shape index (κ1) is 18.7. The van der Waals surface area contributed by atoms with Gasteiger partial charge in [-0.1, -0.05) is 26.2 Å². The molecule has 1 N–H and O–H groups in total. The van der Waals surface area contributed by atoms with Crippen molar-refractivity contribution in [2.75, 3.05) is 26.2 Å². The van der Waals surface area contributed by atoms with Gasteiger partial charge in [0.05, 0.1) is 5.92 Å². The van der Waals surface area contributed by atoms with E-state index in [1.54, 1.807) is 0 Å². The van der Waals surface area contributed by atoms with Gasteiger partial charge in [-0.3, -0.25) is 9.59 Å². The summed E-state index contributed by atoms with van der Waals surface area (Å²) in [6.07, 6.45) is 11.3. The van der Waals surface area contributed by atoms with Gasteiger partial charge < -0.3 is 15.1 Å². The van der Waals surface area contributed by atoms with Gasteiger partial charge in [0.2, 0.25) is 11.8 Å². The number of likely N-dealkylation sites (tertiary alicyclic amines) is 2. The zero-order valence-electron chi connectivity index (χ0n) is 15.8. The lowest BCUT2D eigenvalue weighted by atomic mass is 10.00. The van der Waals surface area contributed by atoms with E-state index in [-0.39, 0.29) is 17.7 Å². The summed E-state index contributed by atoms with van der Waals surface area (Å²) < 4.78 is 0. The highest BCUT2D eigenvalue weighted by Crippen LogP contribution is 2.29. The quantitative estimate of drug-likeness (QED) is 0.719. The average molecular weight is 350 g/mol. The Morgan fingerprint density at radius 1 is 1.16 bits per heavy atom. The Hall–Kier alpha value is -1.10. The zero-order valence-corrected chi connectivity index (χ0v) is 15.8. The lowest BCUT2D eigenvalue weighted by molar-refractivity contribution is -0.130. The van der Waals surface area contributed by atoms with Crippen LogP contribution in [0.5, 0.6) is 0 Å². The number of hydrogen-bond donors (Lipinski definition) is 1. The maximum atomic E-state index is 12.4. The molecule has 0 aromatic rings. The molecule has 0 aromatic carbocycles. The van der Waals surface area contributed by atoms with Crippen molar-refractivity contribution in [2.24, 2.45) is 5.92 Å². The van der Waals surface area contributed by atoms with Crippen LogP contribution in [0, 0.1) is 5.92 Å². The molecule has 2 aliphatic heterocycles. The van der Waals surface area contributed by atoms with Crippen LogP contribution in [0.1, 0.15) is 71.1 Å². The number of carbonyl (C=O) groups excluding carboxylic acids is 2. The molecule has 3 rings (SSSR count). The molecule has 2 amide bonds. The maximum absolute atomic E-state index is 12.4. The van der Waals surface area contributed by atoms with E-state index in [1.807, 2.05) is 4.90 Å². The number of nitrogens with zero attached hydrogens (tertiary/aromatic N) is 2. The topological polar surface area (TPSA) is 52.7 Å². The van der Waals surface area contributed by atoms with E-state index in [2.05, 4.69) is 17.1 Å². The van der Waals surface area contributed by atoms with E-state index >= 15 is 0 Å². The van der Waals surface area contributed by atoms with Gasteiger partial charge in [-0.05, 0) is 45.1 Å². The number of rotatable bonds is 7. The lowest BCUT2D eigenvalue weighted by Gasteiger charge is -2.35. The fraction of sp³-hybridized carbons (Fsp3) is 0.900. The van der Waals surface area contributed by atoms with Gasteiger partial charge in [-0.2, -0.15) is 0 Å². The Morgan fingerprint density at radius 3 is 2.68 bits per heavy atom. The summed E-state index contributed by atoms with van der Waals surface area (Å²) in [5.41, 5.74) is 0. The molecule has 2 heterocycles. The summed E-state index contributed by atoms with van der Waals surface area (Å²) in [5, 5.41) is 3.08. The molecule has 2 atom stereocenters. The second kappa shape index (κ2) is 9.02. The van der Waals surface area contributed by atoms with Crippen molar-refractivity contribution in [3.8, 4) is 0 Å². The SMILES string of the molecule is CCC1CCCCN1CCCNC(=O)C1CC(=O)N(C2CCCC2)C1. The van der Waals surface area contributed by atoms with E-state index in [9.17, 15) is 9.59 Å². The molecule has 2 saturated heterocycles. The molecule has 25 heavy (non-hydrogen) atoms. The van der Waals surface area contributed by atoms with Crippen molar-refractivity contribution in [3.05, 3.63) is 0 Å². The number of carbonyl (C=O) groups is 2. The highest BCUT2D eigenvalue weighted by molar-refractivity contribution is 5.89. The molecule has 0 spiro atoms. The minimum Gasteiger partial charge on any atom is -0.356 e. The fourth-order valence-corrected chi connectivity index (χ4v) is 4.93. The highest BCUT2D eigenvalue weighted by Gasteiger charge is 2.38. The molecule has 3 aliphatic rings. The molecule has 5 heteroatoms. The molecule has 0 radical (unpaired) electrons. The van der Waals surface area contributed by atoms with Crippen LogP contribution in [0.3, 0.4) is 0 Å². The Balaban J connectivity index is 1.36. The first-order chi connectivity index (χ1) is 12.2. The van der Waals surface area contributed by atoms with E-state index < -0.39 is 0 Å². The third kappa shape index (κ3) is 4.75. The van der Waals surface area contributed by atoms with Crippen LogP contribution in [0.4, 0.5) is 0 Å². The molecule has 3 fully saturated rings. The van der Waals surface area contributed by atoms with Gasteiger partial charge in [-0.15, -0.1) is 0 Å². The average Bonchev–Trinajstić information content (AvgIpc) is 3.28. The van der Waals surface area contributed by atoms with Crippen LogP contribution in [0.2, 0.25) is 0 Å². The second-order valence-corrected chi connectivity index (χ2v) is 8.12. The Labute approximate surface area is 152 Å². The largest absolute Gasteiger partial charge is 0.356 e. The highest BCUT2D eigenvalue weighted by atomic mass is 16.2. The first-order valence-electron chi connectivity index (χ1n) is 10.5. The zero-order chi connectivity index (χ0) is 17.6. The van der Waals surface area contributed by atoms with Gasteiger partial charge >= 0.3 is 0 Å². The van der Waals surface area contributed by atoms with Crippen molar-refractivity contribution in [1.82, 2.24) is 15.1 Å². The molecule has 1 aliphatic carbocycles. The molecular formula is C20H35N3O2. The van der Waals surface area contributed by atoms with Crippen LogP contribution in [0.25, 0.3) is 0 Å². The monoisotopic (exact) mass is 349 g/mol. The van der Waals surface area contributed by atoms with Crippen molar-refractivity contribution in [2.45, 2.75) is 83.2 Å². The molecule has 0 aromatic heterocycles. The number of nitrogens with one attached hydrogen (secondary N) is 1. The molecule has 5 nitrogen and oxygen atoms in total. The smallest absolute Gasteiger partial charge is 0.225 e. The third-order valence-corrected chi connectivity index (χ3v) is 6.44. The number of amides is 2. The van der Waals surface area contributed by atoms with Gasteiger partial charge in [0.25, 0.3) is 0 Å². The van der Waals surface area contributed by atoms with Crippen molar-refractivity contribution in [1.29, 1.82) is 0 Å². The van der Waals surface area contributed by atoms with Crippen LogP contribution < -0.4 is 5.32 Å². The summed E-state index contributed by atoms with van der Waals surface area (Å²) in [6.45, 7) is 5.94. The summed E-state index contributed by atoms with van der Waals surface area (Å²) in [7, 11) is 0. The predicted molar refractivity (Wildman–Crippen MR) is 99.2 cm³/mol. The van der Waals surface area contributed by atoms with E-state index in [4.69, 9.17) is 0 Å². The van der Waals surface area contributed by atoms with Gasteiger partial charge in [0, 0.05) is 38.1 Å². The van der Waals surface area contributed by atoms with E-state index in [0.717, 1.165) is 38.4 Å². The summed E-state index contributed by atoms with van der Waals surface area (Å²) in [4.78, 5) is 29.2. The summed E-state index contributed by atoms with van der Waals surface area (Å²) in [6, 6.07) is 1.13. The van der Waals surface area contributed by atoms with Crippen LogP contribution in [-0.4, -0.2) is 59.9 Å². The molecule has 142 valence electrons. The van der Waals surface area contributed by atoms with Crippen molar-refractivity contribution >= 4 is 11.8 Å².